The van der Waals surface area contributed by atoms with Crippen molar-refractivity contribution < 1.29 is 0 Å². The zero-order chi connectivity index (χ0) is 14.9. The monoisotopic (exact) mass is 289 g/mol. The Morgan fingerprint density at radius 3 is 2.23 bits per heavy atom. The number of piperidine rings is 2. The number of aryl methyl sites for hydroxylation is 1. The van der Waals surface area contributed by atoms with Crippen LogP contribution in [-0.2, 0) is 11.0 Å². The molecule has 6 aliphatic rings. The molecule has 2 bridgehead atoms. The van der Waals surface area contributed by atoms with Gasteiger partial charge in [0.05, 0.1) is 5.54 Å². The third kappa shape index (κ3) is 1.24. The summed E-state index contributed by atoms with van der Waals surface area (Å²) in [6.07, 6.45) is 5.38. The first-order valence-electron chi connectivity index (χ1n) is 8.64. The number of nitrogens with zero attached hydrogens (tertiary/aromatic N) is 1. The molecule has 1 saturated carbocycles. The predicted molar refractivity (Wildman–Crippen MR) is 91.4 cm³/mol. The van der Waals surface area contributed by atoms with E-state index in [1.807, 2.05) is 0 Å². The van der Waals surface area contributed by atoms with Gasteiger partial charge in [0.25, 0.3) is 0 Å². The number of hydrogen-bond acceptors (Lipinski definition) is 1. The summed E-state index contributed by atoms with van der Waals surface area (Å²) in [6.45, 7) is 4.73. The molecule has 0 aromatic heterocycles. The van der Waals surface area contributed by atoms with Crippen LogP contribution in [-0.4, -0.2) is 6.04 Å². The summed E-state index contributed by atoms with van der Waals surface area (Å²) in [5.74, 6) is 0. The highest BCUT2D eigenvalue weighted by atomic mass is 15.3. The van der Waals surface area contributed by atoms with E-state index in [9.17, 15) is 0 Å². The average Bonchev–Trinajstić information content (AvgIpc) is 2.57. The van der Waals surface area contributed by atoms with E-state index in [0.29, 0.717) is 11.5 Å². The van der Waals surface area contributed by atoms with Gasteiger partial charge in [-0.3, -0.25) is 0 Å². The average molecular weight is 289 g/mol. The lowest BCUT2D eigenvalue weighted by atomic mass is 9.47. The summed E-state index contributed by atoms with van der Waals surface area (Å²) >= 11 is 0. The molecule has 1 heteroatoms. The van der Waals surface area contributed by atoms with Crippen LogP contribution in [0.5, 0.6) is 0 Å². The van der Waals surface area contributed by atoms with Crippen LogP contribution in [0.15, 0.2) is 48.5 Å². The Labute approximate surface area is 133 Å². The first kappa shape index (κ1) is 12.8. The van der Waals surface area contributed by atoms with Crippen molar-refractivity contribution in [3.63, 3.8) is 0 Å². The number of para-hydroxylation sites is 1. The fourth-order valence-corrected chi connectivity index (χ4v) is 5.88. The molecule has 0 spiro atoms. The molecule has 0 amide bonds. The molecular formula is C21H23N. The lowest BCUT2D eigenvalue weighted by Gasteiger charge is -2.70. The van der Waals surface area contributed by atoms with Crippen LogP contribution in [0.4, 0.5) is 5.69 Å². The molecule has 2 saturated heterocycles. The summed E-state index contributed by atoms with van der Waals surface area (Å²) in [4.78, 5) is 2.79. The number of benzene rings is 2. The van der Waals surface area contributed by atoms with Crippen LogP contribution in [0.3, 0.4) is 0 Å². The van der Waals surface area contributed by atoms with Crippen LogP contribution < -0.4 is 4.90 Å². The highest BCUT2D eigenvalue weighted by molar-refractivity contribution is 5.65. The fourth-order valence-electron chi connectivity index (χ4n) is 5.88. The maximum Gasteiger partial charge on any atom is 0.0660 e. The largest absolute Gasteiger partial charge is 0.358 e. The number of anilines is 1. The third-order valence-electron chi connectivity index (χ3n) is 6.96. The zero-order valence-electron chi connectivity index (χ0n) is 13.5. The molecule has 3 aliphatic heterocycles. The molecule has 3 fully saturated rings. The standard InChI is InChI=1S/C21H23N/c1-15-7-3-6-10-19(15)22-16(2)20-11-13-21(22,14-12-20)18-9-5-4-8-17(18)20/h3-10,16H,11-14H2,1-2H3. The molecule has 1 unspecified atom stereocenters. The first-order chi connectivity index (χ1) is 10.7. The van der Waals surface area contributed by atoms with Crippen molar-refractivity contribution in [1.82, 2.24) is 0 Å². The highest BCUT2D eigenvalue weighted by Crippen LogP contribution is 2.66. The van der Waals surface area contributed by atoms with Gasteiger partial charge in [0, 0.05) is 17.1 Å². The Hall–Kier alpha value is -1.76. The van der Waals surface area contributed by atoms with Gasteiger partial charge in [-0.25, -0.2) is 0 Å². The maximum atomic E-state index is 2.79. The first-order valence-corrected chi connectivity index (χ1v) is 8.64. The number of rotatable bonds is 1. The second kappa shape index (κ2) is 3.95. The summed E-state index contributed by atoms with van der Waals surface area (Å²) in [7, 11) is 0. The van der Waals surface area contributed by atoms with Crippen molar-refractivity contribution in [2.45, 2.75) is 56.5 Å². The van der Waals surface area contributed by atoms with Gasteiger partial charge in [-0.15, -0.1) is 0 Å². The van der Waals surface area contributed by atoms with Crippen LogP contribution in [0.1, 0.15) is 49.3 Å². The van der Waals surface area contributed by atoms with E-state index in [4.69, 9.17) is 0 Å². The molecule has 3 heterocycles. The minimum Gasteiger partial charge on any atom is -0.358 e. The second-order valence-corrected chi connectivity index (χ2v) is 7.57. The summed E-state index contributed by atoms with van der Waals surface area (Å²) < 4.78 is 0. The van der Waals surface area contributed by atoms with E-state index in [-0.39, 0.29) is 5.54 Å². The topological polar surface area (TPSA) is 3.24 Å². The minimum absolute atomic E-state index is 0.238. The summed E-state index contributed by atoms with van der Waals surface area (Å²) in [5.41, 5.74) is 6.75. The van der Waals surface area contributed by atoms with E-state index in [0.717, 1.165) is 0 Å². The van der Waals surface area contributed by atoms with Gasteiger partial charge in [0.1, 0.15) is 0 Å². The maximum absolute atomic E-state index is 2.79. The number of hydrogen-bond donors (Lipinski definition) is 0. The van der Waals surface area contributed by atoms with Gasteiger partial charge < -0.3 is 4.90 Å². The Balaban J connectivity index is 1.80. The van der Waals surface area contributed by atoms with Crippen molar-refractivity contribution >= 4 is 5.69 Å². The Bertz CT molecular complexity index is 752. The second-order valence-electron chi connectivity index (χ2n) is 7.57. The lowest BCUT2D eigenvalue weighted by molar-refractivity contribution is 0.0554. The molecule has 1 atom stereocenters. The Morgan fingerprint density at radius 1 is 0.864 bits per heavy atom. The smallest absolute Gasteiger partial charge is 0.0660 e. The van der Waals surface area contributed by atoms with Crippen LogP contribution in [0.2, 0.25) is 0 Å². The van der Waals surface area contributed by atoms with Gasteiger partial charge >= 0.3 is 0 Å². The van der Waals surface area contributed by atoms with Gasteiger partial charge in [-0.05, 0) is 62.3 Å². The quantitative estimate of drug-likeness (QED) is 0.720. The van der Waals surface area contributed by atoms with Gasteiger partial charge in [0.15, 0.2) is 0 Å². The van der Waals surface area contributed by atoms with E-state index >= 15 is 0 Å². The van der Waals surface area contributed by atoms with Crippen molar-refractivity contribution in [2.75, 3.05) is 4.90 Å². The summed E-state index contributed by atoms with van der Waals surface area (Å²) in [5, 5.41) is 0. The predicted octanol–water partition coefficient (Wildman–Crippen LogP) is 4.92. The molecule has 112 valence electrons. The molecule has 2 aromatic rings. The zero-order valence-corrected chi connectivity index (χ0v) is 13.5. The van der Waals surface area contributed by atoms with Crippen molar-refractivity contribution in [3.8, 4) is 0 Å². The van der Waals surface area contributed by atoms with E-state index in [1.165, 1.54) is 36.9 Å². The molecule has 22 heavy (non-hydrogen) atoms. The molecule has 8 rings (SSSR count). The molecule has 1 nitrogen and oxygen atoms in total. The normalized spacial score (nSPS) is 34.8. The summed E-state index contributed by atoms with van der Waals surface area (Å²) in [6, 6.07) is 18.8. The third-order valence-corrected chi connectivity index (χ3v) is 6.96. The van der Waals surface area contributed by atoms with Crippen LogP contribution >= 0.6 is 0 Å². The van der Waals surface area contributed by atoms with Crippen molar-refractivity contribution in [2.24, 2.45) is 0 Å². The van der Waals surface area contributed by atoms with E-state index in [1.54, 1.807) is 11.1 Å². The molecule has 2 aromatic carbocycles. The fraction of sp³-hybridized carbons (Fsp3) is 0.429. The van der Waals surface area contributed by atoms with Crippen LogP contribution in [0, 0.1) is 6.92 Å². The SMILES string of the molecule is Cc1ccccc1N1C(C)C23CCC1(CC2)c1ccccc13. The van der Waals surface area contributed by atoms with Crippen molar-refractivity contribution in [1.29, 1.82) is 0 Å². The Morgan fingerprint density at radius 2 is 1.50 bits per heavy atom. The van der Waals surface area contributed by atoms with Gasteiger partial charge in [-0.2, -0.15) is 0 Å². The van der Waals surface area contributed by atoms with E-state index < -0.39 is 0 Å². The lowest BCUT2D eigenvalue weighted by Crippen LogP contribution is -2.72. The van der Waals surface area contributed by atoms with Crippen molar-refractivity contribution in [3.05, 3.63) is 65.2 Å². The Kier molecular flexibility index (Phi) is 2.29. The van der Waals surface area contributed by atoms with Gasteiger partial charge in [0.2, 0.25) is 0 Å². The van der Waals surface area contributed by atoms with E-state index in [2.05, 4.69) is 67.3 Å². The molecular weight excluding hydrogens is 266 g/mol. The highest BCUT2D eigenvalue weighted by Gasteiger charge is 2.64. The van der Waals surface area contributed by atoms with Crippen LogP contribution in [0.25, 0.3) is 0 Å². The minimum atomic E-state index is 0.238. The molecule has 0 N–H and O–H groups in total. The molecule has 3 aliphatic carbocycles. The molecule has 0 radical (unpaired) electrons. The van der Waals surface area contributed by atoms with Gasteiger partial charge in [-0.1, -0.05) is 42.5 Å².